The highest BCUT2D eigenvalue weighted by Gasteiger charge is 2.19. The van der Waals surface area contributed by atoms with Crippen LogP contribution in [0.1, 0.15) is 0 Å². The van der Waals surface area contributed by atoms with Gasteiger partial charge in [-0.3, -0.25) is 0 Å². The standard InChI is InChI=1S/C58H38N2O/c1-4-16-39(17-5-1)42-22-14-28-48(34-42)55-57-56(53-30-10-11-31-54(53)61-57)60-58(59-55)49-29-15-26-46(35-49)44-24-12-23-43(32-44)45-25-13-27-47(33-45)52-37-50(40-18-6-2-7-19-40)36-51(38-52)41-20-8-3-9-21-41/h1-38H. The van der Waals surface area contributed by atoms with Crippen molar-refractivity contribution >= 4 is 22.1 Å². The minimum absolute atomic E-state index is 0.650. The predicted molar refractivity (Wildman–Crippen MR) is 253 cm³/mol. The molecule has 3 nitrogen and oxygen atoms in total. The van der Waals surface area contributed by atoms with Gasteiger partial charge < -0.3 is 4.42 Å². The fourth-order valence-corrected chi connectivity index (χ4v) is 8.38. The second-order valence-electron chi connectivity index (χ2n) is 15.4. The van der Waals surface area contributed by atoms with Gasteiger partial charge in [-0.1, -0.05) is 176 Å². The molecule has 3 heteroatoms. The first-order chi connectivity index (χ1) is 30.2. The van der Waals surface area contributed by atoms with Gasteiger partial charge in [0.1, 0.15) is 16.8 Å². The lowest BCUT2D eigenvalue weighted by Crippen LogP contribution is -1.94. The highest BCUT2D eigenvalue weighted by molar-refractivity contribution is 6.07. The first-order valence-electron chi connectivity index (χ1n) is 20.6. The number of aromatic nitrogens is 2. The van der Waals surface area contributed by atoms with Crippen LogP contribution in [0.15, 0.2) is 235 Å². The number of fused-ring (bicyclic) bond motifs is 3. The smallest absolute Gasteiger partial charge is 0.180 e. The van der Waals surface area contributed by atoms with E-state index in [0.29, 0.717) is 11.4 Å². The van der Waals surface area contributed by atoms with E-state index < -0.39 is 0 Å². The van der Waals surface area contributed by atoms with E-state index in [1.165, 1.54) is 33.4 Å². The normalized spacial score (nSPS) is 11.3. The molecule has 0 spiro atoms. The average Bonchev–Trinajstić information content (AvgIpc) is 3.73. The zero-order valence-corrected chi connectivity index (χ0v) is 33.2. The molecule has 11 aromatic rings. The Bertz CT molecular complexity index is 3290. The molecule has 2 heterocycles. The van der Waals surface area contributed by atoms with E-state index in [2.05, 4.69) is 206 Å². The molecule has 0 radical (unpaired) electrons. The van der Waals surface area contributed by atoms with E-state index in [1.807, 2.05) is 24.3 Å². The van der Waals surface area contributed by atoms with E-state index in [1.54, 1.807) is 0 Å². The van der Waals surface area contributed by atoms with Crippen molar-refractivity contribution in [2.24, 2.45) is 0 Å². The van der Waals surface area contributed by atoms with E-state index in [9.17, 15) is 0 Å². The van der Waals surface area contributed by atoms with Gasteiger partial charge in [0.05, 0.1) is 0 Å². The van der Waals surface area contributed by atoms with Gasteiger partial charge in [0.2, 0.25) is 0 Å². The van der Waals surface area contributed by atoms with Crippen LogP contribution in [-0.4, -0.2) is 9.97 Å². The van der Waals surface area contributed by atoms with Crippen molar-refractivity contribution in [1.82, 2.24) is 9.97 Å². The van der Waals surface area contributed by atoms with Crippen LogP contribution in [0.25, 0.3) is 111 Å². The zero-order valence-electron chi connectivity index (χ0n) is 33.2. The molecule has 9 aromatic carbocycles. The number of nitrogens with zero attached hydrogens (tertiary/aromatic N) is 2. The molecule has 11 rings (SSSR count). The van der Waals surface area contributed by atoms with Crippen molar-refractivity contribution in [3.05, 3.63) is 231 Å². The number of furan rings is 1. The molecular formula is C58H38N2O. The van der Waals surface area contributed by atoms with Crippen LogP contribution in [-0.2, 0) is 0 Å². The van der Waals surface area contributed by atoms with Crippen LogP contribution in [0.4, 0.5) is 0 Å². The lowest BCUT2D eigenvalue weighted by Gasteiger charge is -2.13. The highest BCUT2D eigenvalue weighted by atomic mass is 16.3. The molecule has 2 aromatic heterocycles. The Morgan fingerprint density at radius 3 is 1.15 bits per heavy atom. The Hall–Kier alpha value is -8.14. The third-order valence-corrected chi connectivity index (χ3v) is 11.5. The lowest BCUT2D eigenvalue weighted by atomic mass is 9.91. The molecule has 61 heavy (non-hydrogen) atoms. The second kappa shape index (κ2) is 15.6. The average molecular weight is 779 g/mol. The van der Waals surface area contributed by atoms with Crippen molar-refractivity contribution in [3.63, 3.8) is 0 Å². The Kier molecular flexibility index (Phi) is 9.18. The fraction of sp³-hybridized carbons (Fsp3) is 0. The van der Waals surface area contributed by atoms with E-state index in [4.69, 9.17) is 14.4 Å². The van der Waals surface area contributed by atoms with Gasteiger partial charge in [-0.25, -0.2) is 9.97 Å². The van der Waals surface area contributed by atoms with Gasteiger partial charge in [0, 0.05) is 16.5 Å². The van der Waals surface area contributed by atoms with Crippen molar-refractivity contribution in [1.29, 1.82) is 0 Å². The molecular weight excluding hydrogens is 741 g/mol. The molecule has 286 valence electrons. The van der Waals surface area contributed by atoms with Gasteiger partial charge in [-0.15, -0.1) is 0 Å². The van der Waals surface area contributed by atoms with Crippen LogP contribution in [0.3, 0.4) is 0 Å². The third-order valence-electron chi connectivity index (χ3n) is 11.5. The molecule has 0 atom stereocenters. The van der Waals surface area contributed by atoms with Crippen LogP contribution in [0.5, 0.6) is 0 Å². The van der Waals surface area contributed by atoms with Crippen LogP contribution in [0, 0.1) is 0 Å². The number of hydrogen-bond donors (Lipinski definition) is 0. The lowest BCUT2D eigenvalue weighted by molar-refractivity contribution is 0.667. The summed E-state index contributed by atoms with van der Waals surface area (Å²) in [4.78, 5) is 10.4. The molecule has 0 saturated carbocycles. The van der Waals surface area contributed by atoms with E-state index in [0.717, 1.165) is 66.7 Å². The summed E-state index contributed by atoms with van der Waals surface area (Å²) >= 11 is 0. The van der Waals surface area contributed by atoms with Crippen molar-refractivity contribution in [2.45, 2.75) is 0 Å². The summed E-state index contributed by atoms with van der Waals surface area (Å²) in [6.45, 7) is 0. The van der Waals surface area contributed by atoms with Crippen molar-refractivity contribution in [3.8, 4) is 89.4 Å². The molecule has 0 amide bonds. The first kappa shape index (κ1) is 36.0. The van der Waals surface area contributed by atoms with Gasteiger partial charge in [-0.05, 0) is 121 Å². The second-order valence-corrected chi connectivity index (χ2v) is 15.4. The maximum Gasteiger partial charge on any atom is 0.180 e. The summed E-state index contributed by atoms with van der Waals surface area (Å²) in [6.07, 6.45) is 0. The number of benzene rings is 9. The number of para-hydroxylation sites is 1. The third kappa shape index (κ3) is 7.09. The summed E-state index contributed by atoms with van der Waals surface area (Å²) in [7, 11) is 0. The minimum Gasteiger partial charge on any atom is -0.452 e. The van der Waals surface area contributed by atoms with Gasteiger partial charge in [-0.2, -0.15) is 0 Å². The Balaban J connectivity index is 0.972. The largest absolute Gasteiger partial charge is 0.452 e. The SMILES string of the molecule is c1ccc(-c2cc(-c3ccccc3)cc(-c3cccc(-c4cccc(-c5cccc(-c6nc(-c7cccc(-c8ccccc8)c7)c7oc8ccccc8c7n6)c5)c4)c3)c2)cc1. The highest BCUT2D eigenvalue weighted by Crippen LogP contribution is 2.39. The molecule has 0 aliphatic carbocycles. The minimum atomic E-state index is 0.650. The zero-order chi connectivity index (χ0) is 40.5. The fourth-order valence-electron chi connectivity index (χ4n) is 8.38. The molecule has 0 fully saturated rings. The van der Waals surface area contributed by atoms with Crippen LogP contribution >= 0.6 is 0 Å². The summed E-state index contributed by atoms with van der Waals surface area (Å²) < 4.78 is 6.49. The molecule has 0 unspecified atom stereocenters. The van der Waals surface area contributed by atoms with Gasteiger partial charge in [0.15, 0.2) is 11.4 Å². The summed E-state index contributed by atoms with van der Waals surface area (Å²) in [5.74, 6) is 0.650. The Morgan fingerprint density at radius 1 is 0.262 bits per heavy atom. The monoisotopic (exact) mass is 778 g/mol. The summed E-state index contributed by atoms with van der Waals surface area (Å²) in [6, 6.07) is 81.4. The van der Waals surface area contributed by atoms with Crippen molar-refractivity contribution in [2.75, 3.05) is 0 Å². The molecule has 0 aliphatic rings. The molecule has 0 N–H and O–H groups in total. The molecule has 0 bridgehead atoms. The van der Waals surface area contributed by atoms with Gasteiger partial charge >= 0.3 is 0 Å². The maximum absolute atomic E-state index is 6.49. The summed E-state index contributed by atoms with van der Waals surface area (Å²) in [5, 5.41) is 0.968. The van der Waals surface area contributed by atoms with E-state index >= 15 is 0 Å². The summed E-state index contributed by atoms with van der Waals surface area (Å²) in [5.41, 5.74) is 18.9. The quantitative estimate of drug-likeness (QED) is 0.154. The molecule has 0 aliphatic heterocycles. The maximum atomic E-state index is 6.49. The Labute approximate surface area is 354 Å². The van der Waals surface area contributed by atoms with Crippen LogP contribution in [0.2, 0.25) is 0 Å². The number of hydrogen-bond acceptors (Lipinski definition) is 3. The predicted octanol–water partition coefficient (Wildman–Crippen LogP) is 15.7. The first-order valence-corrected chi connectivity index (χ1v) is 20.6. The van der Waals surface area contributed by atoms with E-state index in [-0.39, 0.29) is 0 Å². The van der Waals surface area contributed by atoms with Crippen molar-refractivity contribution < 1.29 is 4.42 Å². The Morgan fingerprint density at radius 2 is 0.607 bits per heavy atom. The van der Waals surface area contributed by atoms with Gasteiger partial charge in [0.25, 0.3) is 0 Å². The number of rotatable bonds is 8. The molecule has 0 saturated heterocycles. The topological polar surface area (TPSA) is 38.9 Å². The van der Waals surface area contributed by atoms with Crippen LogP contribution < -0.4 is 0 Å².